The van der Waals surface area contributed by atoms with E-state index in [4.69, 9.17) is 9.52 Å². The van der Waals surface area contributed by atoms with Gasteiger partial charge in [0.15, 0.2) is 0 Å². The number of hydrogen-bond acceptors (Lipinski definition) is 5. The fraction of sp³-hybridized carbons (Fsp3) is 0.250. The second-order valence-electron chi connectivity index (χ2n) is 5.97. The highest BCUT2D eigenvalue weighted by molar-refractivity contribution is 5.94. The number of carbonyl (C=O) groups is 1. The van der Waals surface area contributed by atoms with Crippen LogP contribution in [-0.2, 0) is 0 Å². The van der Waals surface area contributed by atoms with Gasteiger partial charge in [0.2, 0.25) is 11.8 Å². The summed E-state index contributed by atoms with van der Waals surface area (Å²) in [4.78, 5) is 14.0. The largest absolute Gasteiger partial charge is 0.416 e. The van der Waals surface area contributed by atoms with Crippen LogP contribution in [0, 0.1) is 6.92 Å². The zero-order valence-corrected chi connectivity index (χ0v) is 14.8. The monoisotopic (exact) mass is 351 g/mol. The highest BCUT2D eigenvalue weighted by Gasteiger charge is 2.15. The van der Waals surface area contributed by atoms with E-state index >= 15 is 0 Å². The molecule has 26 heavy (non-hydrogen) atoms. The summed E-state index contributed by atoms with van der Waals surface area (Å²) in [5.74, 6) is 0.756. The molecule has 0 unspecified atom stereocenters. The molecule has 0 atom stereocenters. The molecule has 1 N–H and O–H groups in total. The van der Waals surface area contributed by atoms with Crippen molar-refractivity contribution in [3.8, 4) is 22.9 Å². The van der Waals surface area contributed by atoms with Gasteiger partial charge in [-0.3, -0.25) is 4.79 Å². The quantitative estimate of drug-likeness (QED) is 0.738. The molecule has 3 aromatic rings. The Balaban J connectivity index is 1.80. The van der Waals surface area contributed by atoms with Crippen LogP contribution >= 0.6 is 0 Å². The molecule has 0 spiro atoms. The molecule has 0 saturated heterocycles. The molecule has 0 saturated carbocycles. The second kappa shape index (κ2) is 7.93. The van der Waals surface area contributed by atoms with Crippen LogP contribution in [0.25, 0.3) is 22.9 Å². The smallest absolute Gasteiger partial charge is 0.253 e. The molecule has 0 aliphatic carbocycles. The lowest BCUT2D eigenvalue weighted by molar-refractivity contribution is 0.0732. The fourth-order valence-electron chi connectivity index (χ4n) is 2.70. The van der Waals surface area contributed by atoms with Gasteiger partial charge in [-0.05, 0) is 50.2 Å². The second-order valence-corrected chi connectivity index (χ2v) is 5.97. The number of rotatable bonds is 6. The summed E-state index contributed by atoms with van der Waals surface area (Å²) in [6.45, 7) is 4.70. The lowest BCUT2D eigenvalue weighted by Crippen LogP contribution is -2.33. The van der Waals surface area contributed by atoms with Crippen LogP contribution in [0.5, 0.6) is 0 Å². The van der Waals surface area contributed by atoms with Crippen LogP contribution in [0.4, 0.5) is 0 Å². The third-order valence-corrected chi connectivity index (χ3v) is 4.11. The van der Waals surface area contributed by atoms with E-state index in [1.807, 2.05) is 38.1 Å². The number of aryl methyl sites for hydroxylation is 1. The first-order valence-electron chi connectivity index (χ1n) is 8.53. The molecule has 0 radical (unpaired) electrons. The van der Waals surface area contributed by atoms with Gasteiger partial charge in [-0.15, -0.1) is 10.2 Å². The Morgan fingerprint density at radius 3 is 2.38 bits per heavy atom. The number of amides is 1. The summed E-state index contributed by atoms with van der Waals surface area (Å²) in [7, 11) is 0. The van der Waals surface area contributed by atoms with Crippen molar-refractivity contribution < 1.29 is 14.3 Å². The van der Waals surface area contributed by atoms with Crippen LogP contribution in [-0.4, -0.2) is 45.8 Å². The van der Waals surface area contributed by atoms with Gasteiger partial charge in [0.1, 0.15) is 0 Å². The van der Waals surface area contributed by atoms with Crippen molar-refractivity contribution in [2.45, 2.75) is 13.8 Å². The van der Waals surface area contributed by atoms with Crippen molar-refractivity contribution in [1.82, 2.24) is 15.1 Å². The van der Waals surface area contributed by atoms with Crippen molar-refractivity contribution in [2.24, 2.45) is 0 Å². The molecule has 1 heterocycles. The summed E-state index contributed by atoms with van der Waals surface area (Å²) in [5.41, 5.74) is 3.30. The molecule has 2 aromatic carbocycles. The van der Waals surface area contributed by atoms with Crippen molar-refractivity contribution >= 4 is 5.91 Å². The van der Waals surface area contributed by atoms with Crippen molar-refractivity contribution in [3.63, 3.8) is 0 Å². The first kappa shape index (κ1) is 17.8. The molecule has 0 fully saturated rings. The fourth-order valence-corrected chi connectivity index (χ4v) is 2.70. The molecular weight excluding hydrogens is 330 g/mol. The third-order valence-electron chi connectivity index (χ3n) is 4.11. The SMILES string of the molecule is CCN(CCO)C(=O)c1ccc(-c2nnc(-c3cccc(C)c3)o2)cc1. The summed E-state index contributed by atoms with van der Waals surface area (Å²) in [6, 6.07) is 14.9. The Morgan fingerprint density at radius 1 is 1.08 bits per heavy atom. The van der Waals surface area contributed by atoms with Crippen LogP contribution in [0.3, 0.4) is 0 Å². The first-order valence-corrected chi connectivity index (χ1v) is 8.53. The summed E-state index contributed by atoms with van der Waals surface area (Å²) in [6.07, 6.45) is 0. The van der Waals surface area contributed by atoms with E-state index in [2.05, 4.69) is 10.2 Å². The summed E-state index contributed by atoms with van der Waals surface area (Å²) in [5, 5.41) is 17.3. The van der Waals surface area contributed by atoms with Gasteiger partial charge < -0.3 is 14.4 Å². The van der Waals surface area contributed by atoms with Gasteiger partial charge in [0, 0.05) is 29.8 Å². The summed E-state index contributed by atoms with van der Waals surface area (Å²) >= 11 is 0. The van der Waals surface area contributed by atoms with Gasteiger partial charge in [-0.25, -0.2) is 0 Å². The number of aliphatic hydroxyl groups is 1. The highest BCUT2D eigenvalue weighted by atomic mass is 16.4. The van der Waals surface area contributed by atoms with Crippen LogP contribution in [0.1, 0.15) is 22.8 Å². The normalized spacial score (nSPS) is 10.7. The number of carbonyl (C=O) groups excluding carboxylic acids is 1. The minimum atomic E-state index is -0.112. The Kier molecular flexibility index (Phi) is 5.43. The molecule has 1 aromatic heterocycles. The van der Waals surface area contributed by atoms with E-state index in [9.17, 15) is 4.79 Å². The van der Waals surface area contributed by atoms with E-state index in [-0.39, 0.29) is 12.5 Å². The van der Waals surface area contributed by atoms with E-state index < -0.39 is 0 Å². The number of hydrogen-bond donors (Lipinski definition) is 1. The van der Waals surface area contributed by atoms with Crippen LogP contribution in [0.15, 0.2) is 52.9 Å². The Bertz CT molecular complexity index is 887. The van der Waals surface area contributed by atoms with E-state index in [0.29, 0.717) is 30.4 Å². The first-order chi connectivity index (χ1) is 12.6. The number of aromatic nitrogens is 2. The van der Waals surface area contributed by atoms with Gasteiger partial charge in [0.05, 0.1) is 6.61 Å². The molecule has 0 aliphatic rings. The zero-order chi connectivity index (χ0) is 18.5. The predicted octanol–water partition coefficient (Wildman–Crippen LogP) is 3.17. The number of aliphatic hydroxyl groups excluding tert-OH is 1. The lowest BCUT2D eigenvalue weighted by atomic mass is 10.1. The minimum absolute atomic E-state index is 0.0542. The van der Waals surface area contributed by atoms with Crippen LogP contribution < -0.4 is 0 Å². The van der Waals surface area contributed by atoms with Gasteiger partial charge in [-0.2, -0.15) is 0 Å². The topological polar surface area (TPSA) is 79.5 Å². The Labute approximate surface area is 152 Å². The number of nitrogens with zero attached hydrogens (tertiary/aromatic N) is 3. The number of benzene rings is 2. The molecular formula is C20H21N3O3. The standard InChI is InChI=1S/C20H21N3O3/c1-3-23(11-12-24)20(25)16-9-7-15(8-10-16)18-21-22-19(26-18)17-6-4-5-14(2)13-17/h4-10,13,24H,3,11-12H2,1-2H3. The van der Waals surface area contributed by atoms with E-state index in [1.54, 1.807) is 29.2 Å². The molecule has 0 aliphatic heterocycles. The average Bonchev–Trinajstić information content (AvgIpc) is 3.16. The minimum Gasteiger partial charge on any atom is -0.416 e. The Morgan fingerprint density at radius 2 is 1.77 bits per heavy atom. The molecule has 1 amide bonds. The molecule has 0 bridgehead atoms. The van der Waals surface area contributed by atoms with Gasteiger partial charge >= 0.3 is 0 Å². The maximum Gasteiger partial charge on any atom is 0.253 e. The van der Waals surface area contributed by atoms with Crippen molar-refractivity contribution in [2.75, 3.05) is 19.7 Å². The highest BCUT2D eigenvalue weighted by Crippen LogP contribution is 2.24. The lowest BCUT2D eigenvalue weighted by Gasteiger charge is -2.19. The number of likely N-dealkylation sites (N-methyl/N-ethyl adjacent to an activating group) is 1. The zero-order valence-electron chi connectivity index (χ0n) is 14.8. The maximum absolute atomic E-state index is 12.4. The van der Waals surface area contributed by atoms with E-state index in [1.165, 1.54) is 0 Å². The van der Waals surface area contributed by atoms with E-state index in [0.717, 1.165) is 16.7 Å². The van der Waals surface area contributed by atoms with Gasteiger partial charge in [-0.1, -0.05) is 17.7 Å². The van der Waals surface area contributed by atoms with Crippen molar-refractivity contribution in [1.29, 1.82) is 0 Å². The molecule has 134 valence electrons. The maximum atomic E-state index is 12.4. The Hall–Kier alpha value is -2.99. The average molecular weight is 351 g/mol. The van der Waals surface area contributed by atoms with Gasteiger partial charge in [0.25, 0.3) is 5.91 Å². The van der Waals surface area contributed by atoms with Crippen molar-refractivity contribution in [3.05, 3.63) is 59.7 Å². The summed E-state index contributed by atoms with van der Waals surface area (Å²) < 4.78 is 5.77. The molecule has 6 nitrogen and oxygen atoms in total. The van der Waals surface area contributed by atoms with Crippen LogP contribution in [0.2, 0.25) is 0 Å². The molecule has 6 heteroatoms. The molecule has 3 rings (SSSR count). The third kappa shape index (κ3) is 3.81. The predicted molar refractivity (Wildman–Crippen MR) is 98.6 cm³/mol.